The molecule has 0 aromatic heterocycles. The minimum absolute atomic E-state index is 0.132. The van der Waals surface area contributed by atoms with Crippen molar-refractivity contribution in [1.29, 1.82) is 0 Å². The normalized spacial score (nSPS) is 14.8. The van der Waals surface area contributed by atoms with Crippen LogP contribution in [0.2, 0.25) is 10.0 Å². The van der Waals surface area contributed by atoms with Crippen molar-refractivity contribution in [3.05, 3.63) is 124 Å². The molecule has 2 N–H and O–H groups in total. The summed E-state index contributed by atoms with van der Waals surface area (Å²) < 4.78 is 0. The Bertz CT molecular complexity index is 1390. The van der Waals surface area contributed by atoms with Crippen molar-refractivity contribution in [3.8, 4) is 0 Å². The van der Waals surface area contributed by atoms with Gasteiger partial charge in [-0.1, -0.05) is 59.6 Å². The van der Waals surface area contributed by atoms with E-state index < -0.39 is 6.17 Å². The maximum atomic E-state index is 13.5. The Morgan fingerprint density at radius 1 is 0.853 bits per heavy atom. The summed E-state index contributed by atoms with van der Waals surface area (Å²) in [7, 11) is 0. The number of anilines is 3. The van der Waals surface area contributed by atoms with Crippen molar-refractivity contribution in [2.45, 2.75) is 6.17 Å². The first kappa shape index (κ1) is 22.0. The number of carbonyl (C=O) groups excluding carboxylic acids is 2. The van der Waals surface area contributed by atoms with E-state index in [1.165, 1.54) is 0 Å². The van der Waals surface area contributed by atoms with Crippen molar-refractivity contribution < 1.29 is 9.59 Å². The number of hydrogen-bond acceptors (Lipinski definition) is 3. The summed E-state index contributed by atoms with van der Waals surface area (Å²) >= 11 is 12.3. The Morgan fingerprint density at radius 3 is 2.38 bits per heavy atom. The highest BCUT2D eigenvalue weighted by atomic mass is 35.5. The first-order valence-corrected chi connectivity index (χ1v) is 11.4. The van der Waals surface area contributed by atoms with Crippen LogP contribution in [-0.2, 0) is 0 Å². The summed E-state index contributed by atoms with van der Waals surface area (Å²) in [5.74, 6) is -0.442. The van der Waals surface area contributed by atoms with Gasteiger partial charge in [-0.2, -0.15) is 0 Å². The van der Waals surface area contributed by atoms with Gasteiger partial charge in [0.15, 0.2) is 0 Å². The number of fused-ring (bicyclic) bond motifs is 1. The SMILES string of the molecule is O=C(Nc1cccc(C2Nc3ccccc3C(=O)N2c2ccc(Cl)cc2)c1)c1ccccc1Cl. The molecule has 0 aliphatic carbocycles. The van der Waals surface area contributed by atoms with Gasteiger partial charge >= 0.3 is 0 Å². The van der Waals surface area contributed by atoms with Crippen LogP contribution in [0.4, 0.5) is 17.1 Å². The van der Waals surface area contributed by atoms with E-state index >= 15 is 0 Å². The van der Waals surface area contributed by atoms with E-state index in [9.17, 15) is 9.59 Å². The van der Waals surface area contributed by atoms with Crippen molar-refractivity contribution in [3.63, 3.8) is 0 Å². The zero-order valence-corrected chi connectivity index (χ0v) is 19.3. The van der Waals surface area contributed by atoms with Crippen LogP contribution in [0.25, 0.3) is 0 Å². The first-order chi connectivity index (χ1) is 16.5. The molecule has 0 saturated carbocycles. The average Bonchev–Trinajstić information content (AvgIpc) is 2.85. The zero-order valence-electron chi connectivity index (χ0n) is 17.8. The fourth-order valence-electron chi connectivity index (χ4n) is 3.99. The molecule has 5 rings (SSSR count). The van der Waals surface area contributed by atoms with Crippen molar-refractivity contribution in [1.82, 2.24) is 0 Å². The maximum Gasteiger partial charge on any atom is 0.262 e. The quantitative estimate of drug-likeness (QED) is 0.325. The van der Waals surface area contributed by atoms with E-state index in [-0.39, 0.29) is 11.8 Å². The molecule has 4 aromatic rings. The van der Waals surface area contributed by atoms with E-state index in [2.05, 4.69) is 10.6 Å². The smallest absolute Gasteiger partial charge is 0.262 e. The van der Waals surface area contributed by atoms with Crippen LogP contribution in [-0.4, -0.2) is 11.8 Å². The van der Waals surface area contributed by atoms with Gasteiger partial charge in [-0.05, 0) is 66.2 Å². The van der Waals surface area contributed by atoms with Crippen LogP contribution < -0.4 is 15.5 Å². The molecule has 168 valence electrons. The lowest BCUT2D eigenvalue weighted by Gasteiger charge is -2.38. The third kappa shape index (κ3) is 4.23. The van der Waals surface area contributed by atoms with Crippen molar-refractivity contribution in [2.24, 2.45) is 0 Å². The largest absolute Gasteiger partial charge is 0.360 e. The van der Waals surface area contributed by atoms with E-state index in [0.717, 1.165) is 11.3 Å². The second kappa shape index (κ2) is 9.21. The maximum absolute atomic E-state index is 13.5. The molecule has 0 spiro atoms. The van der Waals surface area contributed by atoms with Gasteiger partial charge in [-0.25, -0.2) is 0 Å². The van der Waals surface area contributed by atoms with Gasteiger partial charge < -0.3 is 10.6 Å². The predicted molar refractivity (Wildman–Crippen MR) is 137 cm³/mol. The highest BCUT2D eigenvalue weighted by molar-refractivity contribution is 6.34. The number of carbonyl (C=O) groups is 2. The second-order valence-corrected chi connectivity index (χ2v) is 8.65. The lowest BCUT2D eigenvalue weighted by atomic mass is 10.0. The number of nitrogens with zero attached hydrogens (tertiary/aromatic N) is 1. The topological polar surface area (TPSA) is 61.4 Å². The molecule has 1 aliphatic heterocycles. The number of hydrogen-bond donors (Lipinski definition) is 2. The summed E-state index contributed by atoms with van der Waals surface area (Å²) in [6.07, 6.45) is -0.499. The molecule has 1 atom stereocenters. The number of amides is 2. The molecule has 1 aliphatic rings. The molecule has 0 radical (unpaired) electrons. The minimum Gasteiger partial charge on any atom is -0.360 e. The molecular formula is C27H19Cl2N3O2. The molecule has 1 unspecified atom stereocenters. The van der Waals surface area contributed by atoms with Crippen LogP contribution in [0, 0.1) is 0 Å². The second-order valence-electron chi connectivity index (χ2n) is 7.80. The number of para-hydroxylation sites is 1. The summed E-state index contributed by atoms with van der Waals surface area (Å²) in [6.45, 7) is 0. The summed E-state index contributed by atoms with van der Waals surface area (Å²) in [6, 6.07) is 28.8. The van der Waals surface area contributed by atoms with Crippen LogP contribution in [0.5, 0.6) is 0 Å². The number of benzene rings is 4. The third-order valence-electron chi connectivity index (χ3n) is 5.61. The molecule has 5 nitrogen and oxygen atoms in total. The van der Waals surface area contributed by atoms with Crippen molar-refractivity contribution in [2.75, 3.05) is 15.5 Å². The zero-order chi connectivity index (χ0) is 23.7. The Labute approximate surface area is 206 Å². The average molecular weight is 488 g/mol. The molecular weight excluding hydrogens is 469 g/mol. The molecule has 2 amide bonds. The van der Waals surface area contributed by atoms with Gasteiger partial charge in [-0.3, -0.25) is 14.5 Å². The monoisotopic (exact) mass is 487 g/mol. The fraction of sp³-hybridized carbons (Fsp3) is 0.0370. The molecule has 34 heavy (non-hydrogen) atoms. The molecule has 0 saturated heterocycles. The number of rotatable bonds is 4. The van der Waals surface area contributed by atoms with Gasteiger partial charge in [0.25, 0.3) is 11.8 Å². The number of halogens is 2. The van der Waals surface area contributed by atoms with E-state index in [0.29, 0.717) is 32.5 Å². The van der Waals surface area contributed by atoms with Gasteiger partial charge in [0.05, 0.1) is 16.1 Å². The Balaban J connectivity index is 1.52. The predicted octanol–water partition coefficient (Wildman–Crippen LogP) is 7.02. The molecule has 7 heteroatoms. The molecule has 1 heterocycles. The highest BCUT2D eigenvalue weighted by Gasteiger charge is 2.34. The molecule has 0 bridgehead atoms. The summed E-state index contributed by atoms with van der Waals surface area (Å²) in [5.41, 5.74) is 3.80. The summed E-state index contributed by atoms with van der Waals surface area (Å²) in [5, 5.41) is 7.33. The lowest BCUT2D eigenvalue weighted by Crippen LogP contribution is -2.43. The standard InChI is InChI=1S/C27H19Cl2N3O2/c28-18-12-14-20(15-13-18)32-25(31-24-11-4-2-9-22(24)27(32)34)17-6-5-7-19(16-17)30-26(33)21-8-1-3-10-23(21)29/h1-16,25,31H,(H,30,33). The Kier molecular flexibility index (Phi) is 5.97. The van der Waals surface area contributed by atoms with Crippen LogP contribution in [0.3, 0.4) is 0 Å². The van der Waals surface area contributed by atoms with Crippen LogP contribution in [0.1, 0.15) is 32.4 Å². The van der Waals surface area contributed by atoms with E-state index in [4.69, 9.17) is 23.2 Å². The molecule has 0 fully saturated rings. The highest BCUT2D eigenvalue weighted by Crippen LogP contribution is 2.37. The minimum atomic E-state index is -0.499. The fourth-order valence-corrected chi connectivity index (χ4v) is 4.33. The van der Waals surface area contributed by atoms with E-state index in [1.807, 2.05) is 48.5 Å². The van der Waals surface area contributed by atoms with Crippen LogP contribution in [0.15, 0.2) is 97.1 Å². The van der Waals surface area contributed by atoms with Crippen molar-refractivity contribution >= 4 is 52.1 Å². The van der Waals surface area contributed by atoms with E-state index in [1.54, 1.807) is 53.4 Å². The van der Waals surface area contributed by atoms with Gasteiger partial charge in [0.1, 0.15) is 6.17 Å². The number of nitrogens with one attached hydrogen (secondary N) is 2. The first-order valence-electron chi connectivity index (χ1n) is 10.6. The van der Waals surface area contributed by atoms with Crippen LogP contribution >= 0.6 is 23.2 Å². The lowest BCUT2D eigenvalue weighted by molar-refractivity contribution is 0.0973. The van der Waals surface area contributed by atoms with Gasteiger partial charge in [0.2, 0.25) is 0 Å². The van der Waals surface area contributed by atoms with Gasteiger partial charge in [-0.15, -0.1) is 0 Å². The van der Waals surface area contributed by atoms with Gasteiger partial charge in [0, 0.05) is 22.1 Å². The Hall–Kier alpha value is -3.80. The summed E-state index contributed by atoms with van der Waals surface area (Å²) in [4.78, 5) is 28.0. The Morgan fingerprint density at radius 2 is 1.59 bits per heavy atom. The third-order valence-corrected chi connectivity index (χ3v) is 6.19. The molecule has 4 aromatic carbocycles.